The number of likely N-dealkylation sites (tertiary alicyclic amines) is 1. The fraction of sp³-hybridized carbons (Fsp3) is 0.400. The third kappa shape index (κ3) is 3.49. The molecular weight excluding hydrogens is 340 g/mol. The lowest BCUT2D eigenvalue weighted by Gasteiger charge is -2.33. The standard InChI is InChI=1S/C20H24N6O/c1-3-17(27)26-8-4-5-15(11-26)25-20-18-16(10-22-19(18)23-12-24-20)14-7-6-13(2)21-9-14/h6-7,9-10,12,15H,3-5,8,11H2,1-2H3,(H2,22,23,24,25)/t15-/m1/s1. The van der Waals surface area contributed by atoms with Gasteiger partial charge in [0.15, 0.2) is 0 Å². The molecule has 1 fully saturated rings. The quantitative estimate of drug-likeness (QED) is 0.743. The predicted octanol–water partition coefficient (Wildman–Crippen LogP) is 3.14. The molecule has 1 saturated heterocycles. The third-order valence-electron chi connectivity index (χ3n) is 5.11. The highest BCUT2D eigenvalue weighted by atomic mass is 16.2. The minimum Gasteiger partial charge on any atom is -0.365 e. The summed E-state index contributed by atoms with van der Waals surface area (Å²) >= 11 is 0. The fourth-order valence-electron chi connectivity index (χ4n) is 3.67. The van der Waals surface area contributed by atoms with Crippen LogP contribution in [-0.2, 0) is 4.79 Å². The number of H-pyrrole nitrogens is 1. The lowest BCUT2D eigenvalue weighted by molar-refractivity contribution is -0.131. The Morgan fingerprint density at radius 2 is 2.22 bits per heavy atom. The molecule has 3 aromatic rings. The van der Waals surface area contributed by atoms with Gasteiger partial charge in [-0.3, -0.25) is 9.78 Å². The average molecular weight is 364 g/mol. The van der Waals surface area contributed by atoms with Crippen LogP contribution in [0, 0.1) is 6.92 Å². The lowest BCUT2D eigenvalue weighted by atomic mass is 10.0. The first-order valence-corrected chi connectivity index (χ1v) is 9.45. The molecule has 7 nitrogen and oxygen atoms in total. The van der Waals surface area contributed by atoms with E-state index in [9.17, 15) is 4.79 Å². The Morgan fingerprint density at radius 1 is 1.33 bits per heavy atom. The minimum atomic E-state index is 0.186. The highest BCUT2D eigenvalue weighted by Crippen LogP contribution is 2.32. The second-order valence-corrected chi connectivity index (χ2v) is 7.01. The van der Waals surface area contributed by atoms with Crippen LogP contribution in [-0.4, -0.2) is 49.9 Å². The third-order valence-corrected chi connectivity index (χ3v) is 5.11. The zero-order valence-corrected chi connectivity index (χ0v) is 15.7. The molecule has 1 amide bonds. The van der Waals surface area contributed by atoms with Gasteiger partial charge in [-0.15, -0.1) is 0 Å². The molecule has 0 bridgehead atoms. The number of rotatable bonds is 4. The van der Waals surface area contributed by atoms with Crippen LogP contribution in [0.4, 0.5) is 5.82 Å². The number of hydrogen-bond acceptors (Lipinski definition) is 5. The van der Waals surface area contributed by atoms with E-state index in [0.717, 1.165) is 53.1 Å². The summed E-state index contributed by atoms with van der Waals surface area (Å²) < 4.78 is 0. The van der Waals surface area contributed by atoms with E-state index in [4.69, 9.17) is 0 Å². The van der Waals surface area contributed by atoms with Crippen LogP contribution in [0.25, 0.3) is 22.2 Å². The number of pyridine rings is 1. The fourth-order valence-corrected chi connectivity index (χ4v) is 3.67. The van der Waals surface area contributed by atoms with Gasteiger partial charge in [-0.05, 0) is 25.8 Å². The van der Waals surface area contributed by atoms with Gasteiger partial charge in [0.1, 0.15) is 17.8 Å². The van der Waals surface area contributed by atoms with Crippen molar-refractivity contribution in [2.75, 3.05) is 18.4 Å². The van der Waals surface area contributed by atoms with Crippen molar-refractivity contribution in [2.45, 2.75) is 39.2 Å². The first-order valence-electron chi connectivity index (χ1n) is 9.45. The molecule has 1 atom stereocenters. The molecule has 7 heteroatoms. The predicted molar refractivity (Wildman–Crippen MR) is 105 cm³/mol. The van der Waals surface area contributed by atoms with E-state index >= 15 is 0 Å². The first kappa shape index (κ1) is 17.5. The monoisotopic (exact) mass is 364 g/mol. The van der Waals surface area contributed by atoms with Crippen molar-refractivity contribution < 1.29 is 4.79 Å². The molecule has 0 unspecified atom stereocenters. The number of piperidine rings is 1. The Bertz CT molecular complexity index is 949. The molecule has 0 aromatic carbocycles. The summed E-state index contributed by atoms with van der Waals surface area (Å²) in [5, 5.41) is 4.52. The number of nitrogens with one attached hydrogen (secondary N) is 2. The van der Waals surface area contributed by atoms with E-state index < -0.39 is 0 Å². The van der Waals surface area contributed by atoms with Crippen LogP contribution in [0.1, 0.15) is 31.9 Å². The Hall–Kier alpha value is -2.96. The molecule has 2 N–H and O–H groups in total. The first-order chi connectivity index (χ1) is 13.2. The summed E-state index contributed by atoms with van der Waals surface area (Å²) in [7, 11) is 0. The number of aromatic amines is 1. The van der Waals surface area contributed by atoms with Crippen LogP contribution in [0.2, 0.25) is 0 Å². The van der Waals surface area contributed by atoms with E-state index in [0.29, 0.717) is 13.0 Å². The second-order valence-electron chi connectivity index (χ2n) is 7.01. The Morgan fingerprint density at radius 3 is 3.00 bits per heavy atom. The molecule has 4 rings (SSSR count). The average Bonchev–Trinajstić information content (AvgIpc) is 3.13. The molecule has 3 aromatic heterocycles. The number of amides is 1. The summed E-state index contributed by atoms with van der Waals surface area (Å²) in [6.07, 6.45) is 7.95. The molecule has 0 radical (unpaired) electrons. The van der Waals surface area contributed by atoms with Crippen LogP contribution >= 0.6 is 0 Å². The minimum absolute atomic E-state index is 0.186. The smallest absolute Gasteiger partial charge is 0.222 e. The van der Waals surface area contributed by atoms with Crippen LogP contribution in [0.15, 0.2) is 30.9 Å². The van der Waals surface area contributed by atoms with E-state index in [-0.39, 0.29) is 11.9 Å². The van der Waals surface area contributed by atoms with Crippen molar-refractivity contribution in [2.24, 2.45) is 0 Å². The highest BCUT2D eigenvalue weighted by Gasteiger charge is 2.24. The number of nitrogens with zero attached hydrogens (tertiary/aromatic N) is 4. The van der Waals surface area contributed by atoms with E-state index in [2.05, 4.69) is 31.3 Å². The summed E-state index contributed by atoms with van der Waals surface area (Å²) in [5.41, 5.74) is 3.82. The van der Waals surface area contributed by atoms with Gasteiger partial charge in [-0.2, -0.15) is 0 Å². The molecule has 0 spiro atoms. The Kier molecular flexibility index (Phi) is 4.75. The van der Waals surface area contributed by atoms with Crippen LogP contribution in [0.5, 0.6) is 0 Å². The molecule has 0 saturated carbocycles. The lowest BCUT2D eigenvalue weighted by Crippen LogP contribution is -2.45. The Labute approximate surface area is 158 Å². The molecule has 140 valence electrons. The van der Waals surface area contributed by atoms with Crippen molar-refractivity contribution in [3.05, 3.63) is 36.5 Å². The molecule has 0 aliphatic carbocycles. The van der Waals surface area contributed by atoms with Gasteiger partial charge in [0.05, 0.1) is 5.39 Å². The number of anilines is 1. The van der Waals surface area contributed by atoms with Crippen LogP contribution < -0.4 is 5.32 Å². The van der Waals surface area contributed by atoms with Gasteiger partial charge < -0.3 is 15.2 Å². The van der Waals surface area contributed by atoms with Gasteiger partial charge in [0, 0.05) is 54.8 Å². The normalized spacial score (nSPS) is 17.3. The SMILES string of the molecule is CCC(=O)N1CCC[C@@H](Nc2ncnc3[nH]cc(-c4ccc(C)nc4)c23)C1. The van der Waals surface area contributed by atoms with Gasteiger partial charge in [0.2, 0.25) is 5.91 Å². The second kappa shape index (κ2) is 7.34. The number of carbonyl (C=O) groups is 1. The van der Waals surface area contributed by atoms with Crippen molar-refractivity contribution in [1.29, 1.82) is 0 Å². The molecular formula is C20H24N6O. The number of fused-ring (bicyclic) bond motifs is 1. The maximum absolute atomic E-state index is 12.1. The van der Waals surface area contributed by atoms with E-state index in [1.807, 2.05) is 37.2 Å². The summed E-state index contributed by atoms with van der Waals surface area (Å²) in [4.78, 5) is 30.5. The van der Waals surface area contributed by atoms with Gasteiger partial charge in [-0.25, -0.2) is 9.97 Å². The van der Waals surface area contributed by atoms with E-state index in [1.54, 1.807) is 6.33 Å². The van der Waals surface area contributed by atoms with E-state index in [1.165, 1.54) is 0 Å². The molecule has 1 aliphatic rings. The number of carbonyl (C=O) groups excluding carboxylic acids is 1. The molecule has 4 heterocycles. The van der Waals surface area contributed by atoms with Crippen LogP contribution in [0.3, 0.4) is 0 Å². The zero-order valence-electron chi connectivity index (χ0n) is 15.7. The maximum Gasteiger partial charge on any atom is 0.222 e. The van der Waals surface area contributed by atoms with Gasteiger partial charge in [0.25, 0.3) is 0 Å². The summed E-state index contributed by atoms with van der Waals surface area (Å²) in [5.74, 6) is 1.01. The topological polar surface area (TPSA) is 86.8 Å². The Balaban J connectivity index is 1.65. The van der Waals surface area contributed by atoms with Crippen molar-refractivity contribution in [1.82, 2.24) is 24.8 Å². The zero-order chi connectivity index (χ0) is 18.8. The summed E-state index contributed by atoms with van der Waals surface area (Å²) in [6, 6.07) is 4.25. The largest absolute Gasteiger partial charge is 0.365 e. The maximum atomic E-state index is 12.1. The van der Waals surface area contributed by atoms with Gasteiger partial charge in [-0.1, -0.05) is 13.0 Å². The molecule has 27 heavy (non-hydrogen) atoms. The number of aryl methyl sites for hydroxylation is 1. The van der Waals surface area contributed by atoms with Crippen molar-refractivity contribution in [3.63, 3.8) is 0 Å². The summed E-state index contributed by atoms with van der Waals surface area (Å²) in [6.45, 7) is 5.44. The van der Waals surface area contributed by atoms with Gasteiger partial charge >= 0.3 is 0 Å². The van der Waals surface area contributed by atoms with Crippen molar-refractivity contribution in [3.8, 4) is 11.1 Å². The number of aromatic nitrogens is 4. The number of hydrogen-bond donors (Lipinski definition) is 2. The van der Waals surface area contributed by atoms with Crippen molar-refractivity contribution >= 4 is 22.8 Å². The highest BCUT2D eigenvalue weighted by molar-refractivity contribution is 6.00. The molecule has 1 aliphatic heterocycles.